The molecule has 22 heavy (non-hydrogen) atoms. The molecule has 1 aromatic heterocycles. The van der Waals surface area contributed by atoms with E-state index in [1.165, 1.54) is 6.07 Å². The Labute approximate surface area is 125 Å². The van der Waals surface area contributed by atoms with Gasteiger partial charge in [0.1, 0.15) is 11.8 Å². The number of benzene rings is 1. The van der Waals surface area contributed by atoms with Crippen molar-refractivity contribution in [2.24, 2.45) is 0 Å². The second kappa shape index (κ2) is 6.75. The highest BCUT2D eigenvalue weighted by Gasteiger charge is 2.18. The predicted octanol–water partition coefficient (Wildman–Crippen LogP) is 2.08. The standard InChI is InChI=1S/C15H15NO6/c1-3-20-11-7-5-6-9-12(17)10(8-22-13(9)11)14(18)16-15(19)21-4-2/h5-8H,3-4H2,1-2H3,(H,16,18,19). The van der Waals surface area contributed by atoms with Crippen LogP contribution in [0.1, 0.15) is 24.2 Å². The molecule has 7 heteroatoms. The number of alkyl carbamates (subject to hydrolysis) is 1. The van der Waals surface area contributed by atoms with Crippen LogP contribution in [0.5, 0.6) is 5.75 Å². The van der Waals surface area contributed by atoms with Gasteiger partial charge in [0.15, 0.2) is 11.3 Å². The quantitative estimate of drug-likeness (QED) is 0.929. The van der Waals surface area contributed by atoms with Gasteiger partial charge in [-0.25, -0.2) is 4.79 Å². The minimum Gasteiger partial charge on any atom is -0.490 e. The molecule has 0 spiro atoms. The summed E-state index contributed by atoms with van der Waals surface area (Å²) in [6.45, 7) is 3.93. The van der Waals surface area contributed by atoms with Gasteiger partial charge in [0.25, 0.3) is 5.91 Å². The first-order valence-corrected chi connectivity index (χ1v) is 6.73. The van der Waals surface area contributed by atoms with Crippen molar-refractivity contribution in [3.63, 3.8) is 0 Å². The molecule has 0 unspecified atom stereocenters. The lowest BCUT2D eigenvalue weighted by molar-refractivity contribution is 0.0922. The average Bonchev–Trinajstić information content (AvgIpc) is 2.48. The molecule has 0 saturated heterocycles. The Bertz CT molecular complexity index is 764. The van der Waals surface area contributed by atoms with E-state index in [-0.39, 0.29) is 23.1 Å². The molecule has 0 bridgehead atoms. The van der Waals surface area contributed by atoms with Crippen LogP contribution in [0.15, 0.2) is 33.7 Å². The van der Waals surface area contributed by atoms with Crippen molar-refractivity contribution in [1.82, 2.24) is 5.32 Å². The van der Waals surface area contributed by atoms with Gasteiger partial charge in [-0.2, -0.15) is 0 Å². The summed E-state index contributed by atoms with van der Waals surface area (Å²) >= 11 is 0. The third-order valence-corrected chi connectivity index (χ3v) is 2.80. The Kier molecular flexibility index (Phi) is 4.77. The second-order valence-corrected chi connectivity index (χ2v) is 4.22. The van der Waals surface area contributed by atoms with Crippen LogP contribution in [-0.4, -0.2) is 25.2 Å². The van der Waals surface area contributed by atoms with Crippen molar-refractivity contribution in [2.75, 3.05) is 13.2 Å². The zero-order valence-electron chi connectivity index (χ0n) is 12.2. The fourth-order valence-corrected chi connectivity index (χ4v) is 1.89. The van der Waals surface area contributed by atoms with Crippen LogP contribution in [0.3, 0.4) is 0 Å². The molecule has 2 aromatic rings. The number of fused-ring (bicyclic) bond motifs is 1. The van der Waals surface area contributed by atoms with Gasteiger partial charge < -0.3 is 13.9 Å². The van der Waals surface area contributed by atoms with Crippen molar-refractivity contribution in [3.05, 3.63) is 40.2 Å². The maximum atomic E-state index is 12.3. The first-order chi connectivity index (χ1) is 10.6. The number of hydrogen-bond donors (Lipinski definition) is 1. The molecular weight excluding hydrogens is 290 g/mol. The van der Waals surface area contributed by atoms with Gasteiger partial charge in [0.05, 0.1) is 18.6 Å². The van der Waals surface area contributed by atoms with Gasteiger partial charge in [-0.1, -0.05) is 6.07 Å². The molecule has 0 fully saturated rings. The molecule has 0 aliphatic carbocycles. The smallest absolute Gasteiger partial charge is 0.414 e. The predicted molar refractivity (Wildman–Crippen MR) is 78.1 cm³/mol. The minimum atomic E-state index is -0.921. The Morgan fingerprint density at radius 1 is 1.23 bits per heavy atom. The van der Waals surface area contributed by atoms with Gasteiger partial charge in [0.2, 0.25) is 5.43 Å². The molecule has 1 heterocycles. The van der Waals surface area contributed by atoms with Crippen molar-refractivity contribution in [1.29, 1.82) is 0 Å². The molecule has 0 aliphatic heterocycles. The molecule has 0 radical (unpaired) electrons. The van der Waals surface area contributed by atoms with E-state index in [4.69, 9.17) is 9.15 Å². The first kappa shape index (κ1) is 15.6. The van der Waals surface area contributed by atoms with E-state index < -0.39 is 17.4 Å². The highest BCUT2D eigenvalue weighted by molar-refractivity contribution is 6.04. The fourth-order valence-electron chi connectivity index (χ4n) is 1.89. The lowest BCUT2D eigenvalue weighted by atomic mass is 10.1. The third-order valence-electron chi connectivity index (χ3n) is 2.80. The number of imide groups is 1. The van der Waals surface area contributed by atoms with Crippen molar-refractivity contribution in [2.45, 2.75) is 13.8 Å². The van der Waals surface area contributed by atoms with Crippen molar-refractivity contribution < 1.29 is 23.5 Å². The molecule has 0 saturated carbocycles. The summed E-state index contributed by atoms with van der Waals surface area (Å²) in [5, 5.41) is 2.15. The summed E-state index contributed by atoms with van der Waals surface area (Å²) in [4.78, 5) is 35.5. The van der Waals surface area contributed by atoms with E-state index in [2.05, 4.69) is 4.74 Å². The Morgan fingerprint density at radius 2 is 2.00 bits per heavy atom. The van der Waals surface area contributed by atoms with Crippen LogP contribution in [0.2, 0.25) is 0 Å². The first-order valence-electron chi connectivity index (χ1n) is 6.73. The number of nitrogens with one attached hydrogen (secondary N) is 1. The number of amides is 2. The van der Waals surface area contributed by atoms with Gasteiger partial charge in [-0.3, -0.25) is 14.9 Å². The van der Waals surface area contributed by atoms with E-state index >= 15 is 0 Å². The number of hydrogen-bond acceptors (Lipinski definition) is 6. The minimum absolute atomic E-state index is 0.114. The van der Waals surface area contributed by atoms with Crippen molar-refractivity contribution in [3.8, 4) is 5.75 Å². The maximum absolute atomic E-state index is 12.3. The monoisotopic (exact) mass is 305 g/mol. The second-order valence-electron chi connectivity index (χ2n) is 4.22. The fraction of sp³-hybridized carbons (Fsp3) is 0.267. The summed E-state index contributed by atoms with van der Waals surface area (Å²) in [5.74, 6) is -0.467. The maximum Gasteiger partial charge on any atom is 0.414 e. The van der Waals surface area contributed by atoms with E-state index in [9.17, 15) is 14.4 Å². The summed E-state index contributed by atoms with van der Waals surface area (Å²) in [5.41, 5.74) is -0.583. The van der Waals surface area contributed by atoms with Crippen LogP contribution >= 0.6 is 0 Å². The molecule has 2 amide bonds. The topological polar surface area (TPSA) is 94.8 Å². The number of carbonyl (C=O) groups is 2. The Hall–Kier alpha value is -2.83. The zero-order valence-corrected chi connectivity index (χ0v) is 12.2. The largest absolute Gasteiger partial charge is 0.490 e. The summed E-state index contributed by atoms with van der Waals surface area (Å²) < 4.78 is 15.3. The van der Waals surface area contributed by atoms with Crippen LogP contribution in [0.4, 0.5) is 4.79 Å². The lowest BCUT2D eigenvalue weighted by Gasteiger charge is -2.07. The van der Waals surface area contributed by atoms with Crippen LogP contribution in [0, 0.1) is 0 Å². The summed E-state index contributed by atoms with van der Waals surface area (Å²) in [6, 6.07) is 4.80. The number of para-hydroxylation sites is 1. The van der Waals surface area contributed by atoms with Crippen LogP contribution in [0.25, 0.3) is 11.0 Å². The van der Waals surface area contributed by atoms with Crippen molar-refractivity contribution >= 4 is 23.0 Å². The molecule has 7 nitrogen and oxygen atoms in total. The molecule has 2 rings (SSSR count). The van der Waals surface area contributed by atoms with E-state index in [0.717, 1.165) is 6.26 Å². The molecular formula is C15H15NO6. The van der Waals surface area contributed by atoms with E-state index in [1.54, 1.807) is 26.0 Å². The Balaban J connectivity index is 2.41. The molecule has 1 aromatic carbocycles. The molecule has 116 valence electrons. The number of carbonyl (C=O) groups excluding carboxylic acids is 2. The SMILES string of the molecule is CCOC(=O)NC(=O)c1coc2c(OCC)cccc2c1=O. The molecule has 1 N–H and O–H groups in total. The van der Waals surface area contributed by atoms with Gasteiger partial charge >= 0.3 is 6.09 Å². The average molecular weight is 305 g/mol. The van der Waals surface area contributed by atoms with Gasteiger partial charge in [0, 0.05) is 0 Å². The van der Waals surface area contributed by atoms with E-state index in [1.807, 2.05) is 5.32 Å². The van der Waals surface area contributed by atoms with Crippen LogP contribution in [-0.2, 0) is 4.74 Å². The van der Waals surface area contributed by atoms with Crippen LogP contribution < -0.4 is 15.5 Å². The zero-order chi connectivity index (χ0) is 16.1. The molecule has 0 aliphatic rings. The third kappa shape index (κ3) is 3.08. The van der Waals surface area contributed by atoms with Gasteiger partial charge in [-0.15, -0.1) is 0 Å². The number of rotatable bonds is 4. The highest BCUT2D eigenvalue weighted by Crippen LogP contribution is 2.23. The summed E-state index contributed by atoms with van der Waals surface area (Å²) in [7, 11) is 0. The normalized spacial score (nSPS) is 10.3. The Morgan fingerprint density at radius 3 is 2.68 bits per heavy atom. The van der Waals surface area contributed by atoms with E-state index in [0.29, 0.717) is 12.4 Å². The lowest BCUT2D eigenvalue weighted by Crippen LogP contribution is -2.34. The summed E-state index contributed by atoms with van der Waals surface area (Å²) in [6.07, 6.45) is 0.0805. The number of ether oxygens (including phenoxy) is 2. The molecule has 0 atom stereocenters. The highest BCUT2D eigenvalue weighted by atomic mass is 16.5. The van der Waals surface area contributed by atoms with Gasteiger partial charge in [-0.05, 0) is 26.0 Å².